The zero-order chi connectivity index (χ0) is 50.3. The van der Waals surface area contributed by atoms with E-state index in [0.29, 0.717) is 0 Å². The molecule has 0 spiro atoms. The third-order valence-electron chi connectivity index (χ3n) is 15.5. The number of fused-ring (bicyclic) bond motifs is 3. The SMILES string of the molecule is CC(C)(C)c1ccc2c(c1)c1cc(C(C)(C)C)ccc1n2-c1ccc2ccc3c(N(c4cccc(-c5cccc(-c6ccccc6)c5)c4)c4ccccc4-c4ccc(-c5ccccc5)cc4)ccc4ccc1c2c43. The summed E-state index contributed by atoms with van der Waals surface area (Å²) in [7, 11) is 0. The summed E-state index contributed by atoms with van der Waals surface area (Å²) in [5.74, 6) is 0. The first-order valence-corrected chi connectivity index (χ1v) is 26.1. The van der Waals surface area contributed by atoms with Crippen molar-refractivity contribution in [3.8, 4) is 50.2 Å². The highest BCUT2D eigenvalue weighted by molar-refractivity contribution is 6.27. The van der Waals surface area contributed by atoms with Gasteiger partial charge in [-0.25, -0.2) is 0 Å². The summed E-state index contributed by atoms with van der Waals surface area (Å²) in [5, 5.41) is 10.0. The van der Waals surface area contributed by atoms with Crippen molar-refractivity contribution in [3.05, 3.63) is 254 Å². The molecule has 0 aliphatic heterocycles. The Balaban J connectivity index is 1.03. The monoisotopic (exact) mass is 950 g/mol. The third kappa shape index (κ3) is 7.72. The highest BCUT2D eigenvalue weighted by Crippen LogP contribution is 2.49. The molecule has 0 amide bonds. The Morgan fingerprint density at radius 2 is 0.784 bits per heavy atom. The molecule has 0 fully saturated rings. The lowest BCUT2D eigenvalue weighted by Crippen LogP contribution is -2.12. The van der Waals surface area contributed by atoms with Crippen LogP contribution in [-0.2, 0) is 10.8 Å². The van der Waals surface area contributed by atoms with Gasteiger partial charge in [0.25, 0.3) is 0 Å². The Hall–Kier alpha value is -8.72. The first-order chi connectivity index (χ1) is 36.0. The van der Waals surface area contributed by atoms with Crippen molar-refractivity contribution >= 4 is 71.2 Å². The molecule has 12 aromatic carbocycles. The number of hydrogen-bond acceptors (Lipinski definition) is 1. The van der Waals surface area contributed by atoms with E-state index in [1.54, 1.807) is 0 Å². The molecule has 13 rings (SSSR count). The van der Waals surface area contributed by atoms with Gasteiger partial charge < -0.3 is 9.47 Å². The molecule has 1 heterocycles. The standard InChI is InChI=1S/C72H58N2/c1-71(2,3)56-35-41-67-62(45-56)63-46-57(72(4,5)6)36-42-68(63)74(67)66-40-34-52-31-37-60-65(39-33-51-32-38-61(66)70(52)69(51)60)73(58-24-16-23-55(44-58)54-22-15-21-53(43-54)48-19-11-8-12-20-48)64-26-14-13-25-59(64)50-29-27-49(28-30-50)47-17-9-7-10-18-47/h7-46H,1-6H3. The largest absolute Gasteiger partial charge is 0.309 e. The van der Waals surface area contributed by atoms with Crippen LogP contribution in [0.4, 0.5) is 17.1 Å². The lowest BCUT2D eigenvalue weighted by Gasteiger charge is -2.30. The second-order valence-corrected chi connectivity index (χ2v) is 22.2. The second kappa shape index (κ2) is 17.5. The molecule has 0 aliphatic carbocycles. The van der Waals surface area contributed by atoms with Gasteiger partial charge >= 0.3 is 0 Å². The normalized spacial score (nSPS) is 12.2. The van der Waals surface area contributed by atoms with Crippen molar-refractivity contribution in [1.29, 1.82) is 0 Å². The average Bonchev–Trinajstić information content (AvgIpc) is 3.76. The first kappa shape index (κ1) is 45.2. The fourth-order valence-corrected chi connectivity index (χ4v) is 11.5. The van der Waals surface area contributed by atoms with Gasteiger partial charge in [-0.05, 0) is 143 Å². The molecule has 0 bridgehead atoms. The van der Waals surface area contributed by atoms with Gasteiger partial charge in [0.2, 0.25) is 0 Å². The van der Waals surface area contributed by atoms with E-state index in [4.69, 9.17) is 0 Å². The molecule has 2 heteroatoms. The van der Waals surface area contributed by atoms with Gasteiger partial charge in [0.1, 0.15) is 0 Å². The molecule has 74 heavy (non-hydrogen) atoms. The maximum absolute atomic E-state index is 2.53. The lowest BCUT2D eigenvalue weighted by atomic mass is 9.85. The molecule has 356 valence electrons. The van der Waals surface area contributed by atoms with E-state index in [-0.39, 0.29) is 10.8 Å². The second-order valence-electron chi connectivity index (χ2n) is 22.2. The Morgan fingerprint density at radius 3 is 1.42 bits per heavy atom. The smallest absolute Gasteiger partial charge is 0.0541 e. The average molecular weight is 951 g/mol. The molecular formula is C72H58N2. The van der Waals surface area contributed by atoms with Crippen LogP contribution in [0, 0.1) is 0 Å². The minimum absolute atomic E-state index is 0.0190. The van der Waals surface area contributed by atoms with Crippen molar-refractivity contribution in [2.75, 3.05) is 4.90 Å². The van der Waals surface area contributed by atoms with E-state index in [0.717, 1.165) is 33.8 Å². The van der Waals surface area contributed by atoms with Crippen LogP contribution in [0.3, 0.4) is 0 Å². The molecule has 1 aromatic heterocycles. The van der Waals surface area contributed by atoms with E-state index in [2.05, 4.69) is 294 Å². The predicted octanol–water partition coefficient (Wildman–Crippen LogP) is 20.4. The lowest BCUT2D eigenvalue weighted by molar-refractivity contribution is 0.590. The van der Waals surface area contributed by atoms with E-state index in [1.165, 1.54) is 98.8 Å². The van der Waals surface area contributed by atoms with Gasteiger partial charge in [0.15, 0.2) is 0 Å². The summed E-state index contributed by atoms with van der Waals surface area (Å²) in [6.07, 6.45) is 0. The fourth-order valence-electron chi connectivity index (χ4n) is 11.5. The number of benzene rings is 12. The minimum atomic E-state index is 0.0190. The Kier molecular flexibility index (Phi) is 10.7. The highest BCUT2D eigenvalue weighted by atomic mass is 15.1. The minimum Gasteiger partial charge on any atom is -0.309 e. The number of aromatic nitrogens is 1. The molecule has 0 atom stereocenters. The maximum atomic E-state index is 2.53. The molecule has 0 unspecified atom stereocenters. The predicted molar refractivity (Wildman–Crippen MR) is 318 cm³/mol. The van der Waals surface area contributed by atoms with Crippen LogP contribution in [0.2, 0.25) is 0 Å². The molecule has 0 aliphatic rings. The van der Waals surface area contributed by atoms with E-state index < -0.39 is 0 Å². The third-order valence-corrected chi connectivity index (χ3v) is 15.5. The van der Waals surface area contributed by atoms with Crippen LogP contribution >= 0.6 is 0 Å². The van der Waals surface area contributed by atoms with E-state index in [1.807, 2.05) is 0 Å². The molecule has 0 saturated carbocycles. The van der Waals surface area contributed by atoms with Crippen LogP contribution in [0.1, 0.15) is 52.7 Å². The fraction of sp³-hybridized carbons (Fsp3) is 0.111. The molecule has 0 radical (unpaired) electrons. The quantitative estimate of drug-likeness (QED) is 0.138. The topological polar surface area (TPSA) is 8.17 Å². The summed E-state index contributed by atoms with van der Waals surface area (Å²) in [5.41, 5.74) is 19.2. The number of nitrogens with zero attached hydrogens (tertiary/aromatic N) is 2. The first-order valence-electron chi connectivity index (χ1n) is 26.1. The van der Waals surface area contributed by atoms with Crippen molar-refractivity contribution in [1.82, 2.24) is 4.57 Å². The molecule has 0 saturated heterocycles. The van der Waals surface area contributed by atoms with Gasteiger partial charge in [-0.2, -0.15) is 0 Å². The zero-order valence-corrected chi connectivity index (χ0v) is 43.0. The Labute approximate surface area is 434 Å². The van der Waals surface area contributed by atoms with Crippen molar-refractivity contribution in [2.24, 2.45) is 0 Å². The van der Waals surface area contributed by atoms with Crippen LogP contribution in [0.25, 0.3) is 104 Å². The molecule has 2 nitrogen and oxygen atoms in total. The van der Waals surface area contributed by atoms with Gasteiger partial charge in [0, 0.05) is 32.8 Å². The highest BCUT2D eigenvalue weighted by Gasteiger charge is 2.25. The van der Waals surface area contributed by atoms with E-state index in [9.17, 15) is 0 Å². The number of para-hydroxylation sites is 1. The van der Waals surface area contributed by atoms with Crippen LogP contribution < -0.4 is 4.90 Å². The van der Waals surface area contributed by atoms with Gasteiger partial charge in [-0.1, -0.05) is 224 Å². The van der Waals surface area contributed by atoms with Crippen LogP contribution in [0.15, 0.2) is 243 Å². The number of hydrogen-bond donors (Lipinski definition) is 0. The molecule has 13 aromatic rings. The number of anilines is 3. The zero-order valence-electron chi connectivity index (χ0n) is 43.0. The van der Waals surface area contributed by atoms with Crippen LogP contribution in [0.5, 0.6) is 0 Å². The molecular weight excluding hydrogens is 893 g/mol. The van der Waals surface area contributed by atoms with Crippen LogP contribution in [-0.4, -0.2) is 4.57 Å². The summed E-state index contributed by atoms with van der Waals surface area (Å²) in [6, 6.07) is 90.4. The van der Waals surface area contributed by atoms with Crippen molar-refractivity contribution < 1.29 is 0 Å². The summed E-state index contributed by atoms with van der Waals surface area (Å²) in [6.45, 7) is 13.9. The Morgan fingerprint density at radius 1 is 0.311 bits per heavy atom. The van der Waals surface area contributed by atoms with Gasteiger partial charge in [-0.3, -0.25) is 0 Å². The van der Waals surface area contributed by atoms with Crippen molar-refractivity contribution in [2.45, 2.75) is 52.4 Å². The molecule has 0 N–H and O–H groups in total. The summed E-state index contributed by atoms with van der Waals surface area (Å²) < 4.78 is 2.53. The van der Waals surface area contributed by atoms with Gasteiger partial charge in [-0.15, -0.1) is 0 Å². The summed E-state index contributed by atoms with van der Waals surface area (Å²) in [4.78, 5) is 2.50. The van der Waals surface area contributed by atoms with E-state index >= 15 is 0 Å². The Bertz CT molecular complexity index is 4170. The maximum Gasteiger partial charge on any atom is 0.0541 e. The van der Waals surface area contributed by atoms with Gasteiger partial charge in [0.05, 0.1) is 28.1 Å². The summed E-state index contributed by atoms with van der Waals surface area (Å²) >= 11 is 0. The van der Waals surface area contributed by atoms with Crippen molar-refractivity contribution in [3.63, 3.8) is 0 Å². The number of rotatable bonds is 8.